The van der Waals surface area contributed by atoms with E-state index in [1.165, 1.54) is 0 Å². The first-order valence-electron chi connectivity index (χ1n) is 5.72. The van der Waals surface area contributed by atoms with Crippen molar-refractivity contribution in [1.29, 1.82) is 0 Å². The van der Waals surface area contributed by atoms with E-state index < -0.39 is 14.2 Å². The van der Waals surface area contributed by atoms with E-state index in [4.69, 9.17) is 9.47 Å². The molecule has 0 amide bonds. The fourth-order valence-electron chi connectivity index (χ4n) is 1.33. The minimum absolute atomic E-state index is 0.0729. The van der Waals surface area contributed by atoms with Gasteiger partial charge in [0.25, 0.3) is 0 Å². The minimum atomic E-state index is -3.36. The molecule has 0 fully saturated rings. The van der Waals surface area contributed by atoms with Crippen LogP contribution in [0, 0.1) is 5.41 Å². The lowest BCUT2D eigenvalue weighted by molar-refractivity contribution is -0.0366. The lowest BCUT2D eigenvalue weighted by Gasteiger charge is -2.31. The Balaban J connectivity index is 4.38. The summed E-state index contributed by atoms with van der Waals surface area (Å²) in [6.45, 7) is 10.3. The summed E-state index contributed by atoms with van der Waals surface area (Å²) in [6.07, 6.45) is 3.86. The second-order valence-electron chi connectivity index (χ2n) is 3.94. The molecule has 0 saturated heterocycles. The number of halogens is 2. The van der Waals surface area contributed by atoms with Gasteiger partial charge >= 0.3 is 8.77 Å². The highest BCUT2D eigenvalue weighted by Gasteiger charge is 2.31. The molecule has 18 heavy (non-hydrogen) atoms. The van der Waals surface area contributed by atoms with Crippen molar-refractivity contribution < 1.29 is 22.4 Å². The third-order valence-electron chi connectivity index (χ3n) is 2.51. The van der Waals surface area contributed by atoms with Gasteiger partial charge in [0.15, 0.2) is 0 Å². The third-order valence-corrected chi connectivity index (χ3v) is 2.83. The minimum Gasteiger partial charge on any atom is -0.377 e. The molecule has 0 N–H and O–H groups in total. The van der Waals surface area contributed by atoms with Crippen LogP contribution in [0.5, 0.6) is 0 Å². The normalized spacial score (nSPS) is 11.8. The molecule has 0 aliphatic rings. The first-order chi connectivity index (χ1) is 8.60. The molecule has 0 bridgehead atoms. The van der Waals surface area contributed by atoms with Crippen LogP contribution < -0.4 is 0 Å². The van der Waals surface area contributed by atoms with Crippen molar-refractivity contribution in [2.45, 2.75) is 13.3 Å². The fourth-order valence-corrected chi connectivity index (χ4v) is 1.71. The van der Waals surface area contributed by atoms with Gasteiger partial charge in [0, 0.05) is 5.41 Å². The predicted octanol–water partition coefficient (Wildman–Crippen LogP) is 3.97. The summed E-state index contributed by atoms with van der Waals surface area (Å²) in [5.41, 5.74) is -0.551. The van der Waals surface area contributed by atoms with E-state index in [9.17, 15) is 8.39 Å². The molecule has 0 heterocycles. The van der Waals surface area contributed by atoms with Crippen LogP contribution in [0.1, 0.15) is 13.3 Å². The maximum atomic E-state index is 12.2. The van der Waals surface area contributed by atoms with Gasteiger partial charge in [0.2, 0.25) is 0 Å². The molecule has 0 spiro atoms. The highest BCUT2D eigenvalue weighted by Crippen LogP contribution is 2.42. The lowest BCUT2D eigenvalue weighted by atomic mass is 9.88. The van der Waals surface area contributed by atoms with Gasteiger partial charge in [-0.3, -0.25) is 0 Å². The summed E-state index contributed by atoms with van der Waals surface area (Å²) in [7, 11) is -3.36. The Bertz CT molecular complexity index is 223. The van der Waals surface area contributed by atoms with Crippen molar-refractivity contribution in [2.75, 3.05) is 33.0 Å². The largest absolute Gasteiger partial charge is 0.415 e. The SMILES string of the molecule is C=CCOCC(CC)(COCC=C)COP(F)F. The fraction of sp³-hybridized carbons (Fsp3) is 0.667. The Hall–Kier alpha value is -0.350. The molecule has 0 saturated carbocycles. The molecule has 0 aromatic heterocycles. The van der Waals surface area contributed by atoms with Gasteiger partial charge in [-0.25, -0.2) is 0 Å². The molecule has 106 valence electrons. The van der Waals surface area contributed by atoms with Crippen molar-refractivity contribution in [3.05, 3.63) is 25.3 Å². The average Bonchev–Trinajstić information content (AvgIpc) is 2.36. The molecular formula is C12H21F2O3P. The zero-order valence-corrected chi connectivity index (χ0v) is 11.6. The topological polar surface area (TPSA) is 27.7 Å². The molecule has 0 aliphatic carbocycles. The van der Waals surface area contributed by atoms with Crippen molar-refractivity contribution in [3.8, 4) is 0 Å². The Morgan fingerprint density at radius 2 is 1.56 bits per heavy atom. The summed E-state index contributed by atoms with van der Waals surface area (Å²) in [5, 5.41) is 0. The maximum Gasteiger partial charge on any atom is 0.415 e. The highest BCUT2D eigenvalue weighted by molar-refractivity contribution is 7.40. The molecule has 6 heteroatoms. The van der Waals surface area contributed by atoms with Crippen LogP contribution in [0.15, 0.2) is 25.3 Å². The zero-order valence-electron chi connectivity index (χ0n) is 10.7. The smallest absolute Gasteiger partial charge is 0.377 e. The van der Waals surface area contributed by atoms with Crippen LogP contribution >= 0.6 is 8.77 Å². The monoisotopic (exact) mass is 282 g/mol. The van der Waals surface area contributed by atoms with Crippen molar-refractivity contribution in [2.24, 2.45) is 5.41 Å². The maximum absolute atomic E-state index is 12.2. The molecule has 0 aliphatic heterocycles. The Labute approximate surface area is 109 Å². The van der Waals surface area contributed by atoms with Gasteiger partial charge in [-0.05, 0) is 6.42 Å². The molecule has 3 nitrogen and oxygen atoms in total. The van der Waals surface area contributed by atoms with Crippen molar-refractivity contribution in [3.63, 3.8) is 0 Å². The van der Waals surface area contributed by atoms with Gasteiger partial charge in [0.05, 0.1) is 33.0 Å². The molecule has 0 rings (SSSR count). The summed E-state index contributed by atoms with van der Waals surface area (Å²) in [6, 6.07) is 0. The van der Waals surface area contributed by atoms with Gasteiger partial charge in [-0.2, -0.15) is 8.39 Å². The quantitative estimate of drug-likeness (QED) is 0.308. The molecule has 0 aromatic carbocycles. The standard InChI is InChI=1S/C12H21F2O3P/c1-4-7-15-9-12(6-3,10-16-8-5-2)11-17-18(13)14/h4-5H,1-2,6-11H2,3H3. The summed E-state index contributed by atoms with van der Waals surface area (Å²) in [4.78, 5) is 0. The Kier molecular flexibility index (Phi) is 10.4. The summed E-state index contributed by atoms with van der Waals surface area (Å²) >= 11 is 0. The van der Waals surface area contributed by atoms with Gasteiger partial charge < -0.3 is 14.0 Å². The van der Waals surface area contributed by atoms with Crippen LogP contribution in [0.4, 0.5) is 8.39 Å². The lowest BCUT2D eigenvalue weighted by Crippen LogP contribution is -2.36. The molecule has 0 unspecified atom stereocenters. The summed E-state index contributed by atoms with van der Waals surface area (Å²) in [5.74, 6) is 0. The molecule has 0 radical (unpaired) electrons. The van der Waals surface area contributed by atoms with E-state index in [0.717, 1.165) is 0 Å². The second-order valence-corrected chi connectivity index (χ2v) is 4.60. The number of rotatable bonds is 12. The molecule has 0 atom stereocenters. The Morgan fingerprint density at radius 1 is 1.06 bits per heavy atom. The second kappa shape index (κ2) is 10.6. The van der Waals surface area contributed by atoms with E-state index in [1.807, 2.05) is 6.92 Å². The number of ether oxygens (including phenoxy) is 2. The molecule has 0 aromatic rings. The van der Waals surface area contributed by atoms with Gasteiger partial charge in [0.1, 0.15) is 0 Å². The van der Waals surface area contributed by atoms with Gasteiger partial charge in [-0.15, -0.1) is 13.2 Å². The average molecular weight is 282 g/mol. The first kappa shape index (κ1) is 17.6. The predicted molar refractivity (Wildman–Crippen MR) is 69.8 cm³/mol. The third kappa shape index (κ3) is 7.88. The van der Waals surface area contributed by atoms with Crippen molar-refractivity contribution in [1.82, 2.24) is 0 Å². The van der Waals surface area contributed by atoms with Crippen LogP contribution in [-0.4, -0.2) is 33.0 Å². The van der Waals surface area contributed by atoms with E-state index in [1.54, 1.807) is 12.2 Å². The first-order valence-corrected chi connectivity index (χ1v) is 6.76. The van der Waals surface area contributed by atoms with Crippen LogP contribution in [0.2, 0.25) is 0 Å². The van der Waals surface area contributed by atoms with Crippen LogP contribution in [0.3, 0.4) is 0 Å². The highest BCUT2D eigenvalue weighted by atomic mass is 31.2. The van der Waals surface area contributed by atoms with Crippen LogP contribution in [-0.2, 0) is 14.0 Å². The van der Waals surface area contributed by atoms with E-state index in [-0.39, 0.29) is 6.61 Å². The van der Waals surface area contributed by atoms with E-state index >= 15 is 0 Å². The number of hydrogen-bond donors (Lipinski definition) is 0. The van der Waals surface area contributed by atoms with Gasteiger partial charge in [-0.1, -0.05) is 19.1 Å². The van der Waals surface area contributed by atoms with E-state index in [0.29, 0.717) is 32.8 Å². The Morgan fingerprint density at radius 3 is 1.89 bits per heavy atom. The number of hydrogen-bond acceptors (Lipinski definition) is 3. The zero-order chi connectivity index (χ0) is 13.9. The summed E-state index contributed by atoms with van der Waals surface area (Å²) < 4.78 is 39.6. The van der Waals surface area contributed by atoms with E-state index in [2.05, 4.69) is 17.7 Å². The molecular weight excluding hydrogens is 261 g/mol. The van der Waals surface area contributed by atoms with Crippen molar-refractivity contribution >= 4 is 8.77 Å². The van der Waals surface area contributed by atoms with Crippen LogP contribution in [0.25, 0.3) is 0 Å².